The summed E-state index contributed by atoms with van der Waals surface area (Å²) in [5.41, 5.74) is 3.10. The Morgan fingerprint density at radius 3 is 2.31 bits per heavy atom. The molecule has 1 heterocycles. The summed E-state index contributed by atoms with van der Waals surface area (Å²) in [6.07, 6.45) is 1.78. The third-order valence-corrected chi connectivity index (χ3v) is 5.18. The van der Waals surface area contributed by atoms with Crippen molar-refractivity contribution in [1.29, 1.82) is 0 Å². The van der Waals surface area contributed by atoms with Crippen molar-refractivity contribution in [2.75, 3.05) is 31.5 Å². The van der Waals surface area contributed by atoms with Gasteiger partial charge < -0.3 is 10.4 Å². The molecule has 1 aliphatic heterocycles. The summed E-state index contributed by atoms with van der Waals surface area (Å²) in [7, 11) is 0. The lowest BCUT2D eigenvalue weighted by molar-refractivity contribution is -0.139. The molecule has 6 heteroatoms. The summed E-state index contributed by atoms with van der Waals surface area (Å²) in [4.78, 5) is 27.8. The Morgan fingerprint density at radius 1 is 1.23 bits per heavy atom. The maximum atomic E-state index is 12.6. The summed E-state index contributed by atoms with van der Waals surface area (Å²) >= 11 is 0. The first-order chi connectivity index (χ1) is 12.3. The molecular formula is C20H31N3O3. The summed E-state index contributed by atoms with van der Waals surface area (Å²) in [6.45, 7) is 10.4. The number of amides is 1. The van der Waals surface area contributed by atoms with E-state index in [0.717, 1.165) is 49.3 Å². The summed E-state index contributed by atoms with van der Waals surface area (Å²) < 4.78 is 0. The van der Waals surface area contributed by atoms with Crippen molar-refractivity contribution in [1.82, 2.24) is 9.80 Å². The van der Waals surface area contributed by atoms with E-state index in [9.17, 15) is 9.59 Å². The largest absolute Gasteiger partial charge is 0.480 e. The lowest BCUT2D eigenvalue weighted by atomic mass is 10.0. The number of anilines is 1. The van der Waals surface area contributed by atoms with E-state index in [1.54, 1.807) is 0 Å². The van der Waals surface area contributed by atoms with E-state index >= 15 is 0 Å². The standard InChI is InChI=1S/C20H31N3O3/c1-5-22(13-19(24)25)18-6-8-23(9-7-18)16(4)20(26)21-17-11-14(2)10-15(3)12-17/h10-12,16,18H,5-9,13H2,1-4H3,(H,21,26)(H,24,25). The zero-order chi connectivity index (χ0) is 19.3. The van der Waals surface area contributed by atoms with Gasteiger partial charge >= 0.3 is 5.97 Å². The second-order valence-electron chi connectivity index (χ2n) is 7.27. The van der Waals surface area contributed by atoms with E-state index in [4.69, 9.17) is 5.11 Å². The molecule has 0 aromatic heterocycles. The van der Waals surface area contributed by atoms with Crippen molar-refractivity contribution in [2.24, 2.45) is 0 Å². The normalized spacial score (nSPS) is 17.3. The Kier molecular flexibility index (Phi) is 7.17. The van der Waals surface area contributed by atoms with Crippen LogP contribution in [0.4, 0.5) is 5.69 Å². The molecule has 144 valence electrons. The van der Waals surface area contributed by atoms with Gasteiger partial charge in [-0.1, -0.05) is 13.0 Å². The third-order valence-electron chi connectivity index (χ3n) is 5.18. The molecule has 0 radical (unpaired) electrons. The van der Waals surface area contributed by atoms with Crippen LogP contribution in [-0.4, -0.2) is 65.0 Å². The van der Waals surface area contributed by atoms with Gasteiger partial charge in [0.05, 0.1) is 12.6 Å². The number of likely N-dealkylation sites (N-methyl/N-ethyl adjacent to an activating group) is 1. The van der Waals surface area contributed by atoms with Gasteiger partial charge in [0.2, 0.25) is 5.91 Å². The SMILES string of the molecule is CCN(CC(=O)O)C1CCN(C(C)C(=O)Nc2cc(C)cc(C)c2)CC1. The maximum absolute atomic E-state index is 12.6. The van der Waals surface area contributed by atoms with Crippen molar-refractivity contribution in [3.63, 3.8) is 0 Å². The molecular weight excluding hydrogens is 330 g/mol. The molecule has 1 aromatic rings. The number of carbonyl (C=O) groups excluding carboxylic acids is 1. The molecule has 6 nitrogen and oxygen atoms in total. The number of nitrogens with zero attached hydrogens (tertiary/aromatic N) is 2. The van der Waals surface area contributed by atoms with E-state index in [2.05, 4.69) is 16.3 Å². The molecule has 1 fully saturated rings. The second-order valence-corrected chi connectivity index (χ2v) is 7.27. The van der Waals surface area contributed by atoms with Gasteiger partial charge in [0, 0.05) is 24.8 Å². The van der Waals surface area contributed by atoms with Crippen LogP contribution in [0.25, 0.3) is 0 Å². The number of hydrogen-bond acceptors (Lipinski definition) is 4. The van der Waals surface area contributed by atoms with Crippen molar-refractivity contribution >= 4 is 17.6 Å². The second kappa shape index (κ2) is 9.14. The van der Waals surface area contributed by atoms with E-state index < -0.39 is 5.97 Å². The number of piperidine rings is 1. The molecule has 26 heavy (non-hydrogen) atoms. The van der Waals surface area contributed by atoms with Crippen molar-refractivity contribution in [3.05, 3.63) is 29.3 Å². The van der Waals surface area contributed by atoms with Gasteiger partial charge in [-0.15, -0.1) is 0 Å². The number of benzene rings is 1. The first kappa shape index (κ1) is 20.4. The molecule has 1 aliphatic rings. The first-order valence-electron chi connectivity index (χ1n) is 9.39. The fourth-order valence-corrected chi connectivity index (χ4v) is 3.77. The minimum absolute atomic E-state index is 0.00586. The molecule has 1 amide bonds. The van der Waals surface area contributed by atoms with Crippen molar-refractivity contribution < 1.29 is 14.7 Å². The van der Waals surface area contributed by atoms with E-state index in [-0.39, 0.29) is 24.5 Å². The van der Waals surface area contributed by atoms with Gasteiger partial charge in [-0.2, -0.15) is 0 Å². The van der Waals surface area contributed by atoms with Gasteiger partial charge in [-0.05, 0) is 63.4 Å². The lowest BCUT2D eigenvalue weighted by Gasteiger charge is -2.39. The number of aliphatic carboxylic acids is 1. The minimum Gasteiger partial charge on any atom is -0.480 e. The Labute approximate surface area is 156 Å². The van der Waals surface area contributed by atoms with Gasteiger partial charge in [0.25, 0.3) is 0 Å². The van der Waals surface area contributed by atoms with Gasteiger partial charge in [0.15, 0.2) is 0 Å². The van der Waals surface area contributed by atoms with Gasteiger partial charge in [-0.25, -0.2) is 0 Å². The Bertz CT molecular complexity index is 619. The molecule has 0 spiro atoms. The molecule has 1 unspecified atom stereocenters. The highest BCUT2D eigenvalue weighted by Crippen LogP contribution is 2.20. The Hall–Kier alpha value is -1.92. The average Bonchev–Trinajstić information content (AvgIpc) is 2.58. The average molecular weight is 361 g/mol. The van der Waals surface area contributed by atoms with Crippen LogP contribution >= 0.6 is 0 Å². The number of carboxylic acids is 1. The number of rotatable bonds is 7. The van der Waals surface area contributed by atoms with E-state index in [1.165, 1.54) is 0 Å². The quantitative estimate of drug-likeness (QED) is 0.781. The van der Waals surface area contributed by atoms with Crippen LogP contribution in [0.5, 0.6) is 0 Å². The molecule has 0 saturated carbocycles. The summed E-state index contributed by atoms with van der Waals surface area (Å²) in [6, 6.07) is 6.12. The van der Waals surface area contributed by atoms with Crippen molar-refractivity contribution in [2.45, 2.75) is 52.6 Å². The van der Waals surface area contributed by atoms with E-state index in [0.29, 0.717) is 0 Å². The highest BCUT2D eigenvalue weighted by molar-refractivity contribution is 5.94. The van der Waals surface area contributed by atoms with Crippen LogP contribution in [0.15, 0.2) is 18.2 Å². The molecule has 0 bridgehead atoms. The highest BCUT2D eigenvalue weighted by atomic mass is 16.4. The number of hydrogen-bond donors (Lipinski definition) is 2. The molecule has 2 rings (SSSR count). The van der Waals surface area contributed by atoms with Crippen LogP contribution in [-0.2, 0) is 9.59 Å². The fraction of sp³-hybridized carbons (Fsp3) is 0.600. The smallest absolute Gasteiger partial charge is 0.317 e. The monoisotopic (exact) mass is 361 g/mol. The van der Waals surface area contributed by atoms with Crippen LogP contribution < -0.4 is 5.32 Å². The molecule has 0 aliphatic carbocycles. The molecule has 1 aromatic carbocycles. The number of carboxylic acid groups (broad SMARTS) is 1. The predicted molar refractivity (Wildman–Crippen MR) is 103 cm³/mol. The molecule has 2 N–H and O–H groups in total. The first-order valence-corrected chi connectivity index (χ1v) is 9.39. The van der Waals surface area contributed by atoms with E-state index in [1.807, 2.05) is 44.7 Å². The van der Waals surface area contributed by atoms with Gasteiger partial charge in [-0.3, -0.25) is 19.4 Å². The van der Waals surface area contributed by atoms with Crippen LogP contribution in [0.3, 0.4) is 0 Å². The number of likely N-dealkylation sites (tertiary alicyclic amines) is 1. The van der Waals surface area contributed by atoms with Crippen LogP contribution in [0, 0.1) is 13.8 Å². The zero-order valence-electron chi connectivity index (χ0n) is 16.3. The predicted octanol–water partition coefficient (Wildman–Crippen LogP) is 2.50. The maximum Gasteiger partial charge on any atom is 0.317 e. The van der Waals surface area contributed by atoms with Gasteiger partial charge in [0.1, 0.15) is 0 Å². The zero-order valence-corrected chi connectivity index (χ0v) is 16.3. The van der Waals surface area contributed by atoms with Crippen LogP contribution in [0.2, 0.25) is 0 Å². The number of nitrogens with one attached hydrogen (secondary N) is 1. The number of aryl methyl sites for hydroxylation is 2. The van der Waals surface area contributed by atoms with Crippen molar-refractivity contribution in [3.8, 4) is 0 Å². The molecule has 1 atom stereocenters. The summed E-state index contributed by atoms with van der Waals surface area (Å²) in [5, 5.41) is 12.1. The third kappa shape index (κ3) is 5.54. The topological polar surface area (TPSA) is 72.9 Å². The highest BCUT2D eigenvalue weighted by Gasteiger charge is 2.29. The molecule has 1 saturated heterocycles. The Morgan fingerprint density at radius 2 is 1.81 bits per heavy atom. The fourth-order valence-electron chi connectivity index (χ4n) is 3.77. The number of carbonyl (C=O) groups is 2. The summed E-state index contributed by atoms with van der Waals surface area (Å²) in [5.74, 6) is -0.776. The Balaban J connectivity index is 1.89. The minimum atomic E-state index is -0.782. The van der Waals surface area contributed by atoms with Crippen LogP contribution in [0.1, 0.15) is 37.8 Å². The lowest BCUT2D eigenvalue weighted by Crippen LogP contribution is -2.51.